The van der Waals surface area contributed by atoms with Gasteiger partial charge in [-0.05, 0) is 43.6 Å². The molecule has 4 heteroatoms. The third-order valence-electron chi connectivity index (χ3n) is 3.79. The fraction of sp³-hybridized carbons (Fsp3) is 0.647. The van der Waals surface area contributed by atoms with Crippen LogP contribution >= 0.6 is 0 Å². The second-order valence-corrected chi connectivity index (χ2v) is 5.21. The van der Waals surface area contributed by atoms with Gasteiger partial charge in [-0.3, -0.25) is 0 Å². The van der Waals surface area contributed by atoms with Gasteiger partial charge >= 0.3 is 0 Å². The summed E-state index contributed by atoms with van der Waals surface area (Å²) in [6.07, 6.45) is 2.67. The zero-order chi connectivity index (χ0) is 15.7. The molecule has 21 heavy (non-hydrogen) atoms. The van der Waals surface area contributed by atoms with E-state index >= 15 is 0 Å². The number of benzene rings is 1. The Balaban J connectivity index is 2.60. The van der Waals surface area contributed by atoms with Crippen LogP contribution in [-0.2, 0) is 0 Å². The van der Waals surface area contributed by atoms with Crippen LogP contribution < -0.4 is 9.47 Å². The van der Waals surface area contributed by atoms with E-state index in [0.717, 1.165) is 31.6 Å². The van der Waals surface area contributed by atoms with Crippen LogP contribution in [0.25, 0.3) is 0 Å². The number of aliphatic hydroxyl groups excluding tert-OH is 1. The molecule has 1 aromatic rings. The van der Waals surface area contributed by atoms with Crippen molar-refractivity contribution in [2.24, 2.45) is 0 Å². The van der Waals surface area contributed by atoms with Crippen LogP contribution in [-0.4, -0.2) is 43.9 Å². The van der Waals surface area contributed by atoms with Crippen molar-refractivity contribution in [3.05, 3.63) is 23.8 Å². The fourth-order valence-electron chi connectivity index (χ4n) is 2.34. The molecule has 0 fully saturated rings. The molecular weight excluding hydrogens is 266 g/mol. The van der Waals surface area contributed by atoms with Crippen LogP contribution in [0.2, 0.25) is 0 Å². The smallest absolute Gasteiger partial charge is 0.161 e. The summed E-state index contributed by atoms with van der Waals surface area (Å²) in [6, 6.07) is 5.59. The van der Waals surface area contributed by atoms with Crippen LogP contribution in [0.4, 0.5) is 0 Å². The number of aliphatic hydroxyl groups is 1. The third kappa shape index (κ3) is 5.56. The second-order valence-electron chi connectivity index (χ2n) is 5.21. The Morgan fingerprint density at radius 1 is 1.10 bits per heavy atom. The van der Waals surface area contributed by atoms with Crippen molar-refractivity contribution >= 4 is 0 Å². The molecule has 1 unspecified atom stereocenters. The van der Waals surface area contributed by atoms with E-state index < -0.39 is 6.10 Å². The third-order valence-corrected chi connectivity index (χ3v) is 3.79. The zero-order valence-electron chi connectivity index (χ0n) is 13.8. The lowest BCUT2D eigenvalue weighted by Crippen LogP contribution is -2.26. The van der Waals surface area contributed by atoms with Gasteiger partial charge in [0, 0.05) is 6.54 Å². The summed E-state index contributed by atoms with van der Waals surface area (Å²) in [5.41, 5.74) is 0.874. The maximum absolute atomic E-state index is 10.4. The molecule has 120 valence electrons. The SMILES string of the molecule is CCCCN(CC)CCC(O)c1ccc(OC)c(OC)c1. The van der Waals surface area contributed by atoms with Gasteiger partial charge in [0.1, 0.15) is 0 Å². The highest BCUT2D eigenvalue weighted by molar-refractivity contribution is 5.43. The zero-order valence-corrected chi connectivity index (χ0v) is 13.8. The highest BCUT2D eigenvalue weighted by atomic mass is 16.5. The Morgan fingerprint density at radius 3 is 2.38 bits per heavy atom. The molecule has 1 aromatic carbocycles. The number of rotatable bonds is 10. The number of methoxy groups -OCH3 is 2. The maximum Gasteiger partial charge on any atom is 0.161 e. The molecule has 4 nitrogen and oxygen atoms in total. The fourth-order valence-corrected chi connectivity index (χ4v) is 2.34. The highest BCUT2D eigenvalue weighted by Gasteiger charge is 2.13. The van der Waals surface area contributed by atoms with Gasteiger partial charge in [0.25, 0.3) is 0 Å². The van der Waals surface area contributed by atoms with E-state index in [0.29, 0.717) is 11.5 Å². The van der Waals surface area contributed by atoms with E-state index in [4.69, 9.17) is 9.47 Å². The second kappa shape index (κ2) is 9.64. The van der Waals surface area contributed by atoms with Crippen LogP contribution in [0.15, 0.2) is 18.2 Å². The van der Waals surface area contributed by atoms with Gasteiger partial charge in [-0.2, -0.15) is 0 Å². The molecule has 0 saturated carbocycles. The molecule has 1 rings (SSSR count). The molecule has 0 bridgehead atoms. The normalized spacial score (nSPS) is 12.5. The summed E-state index contributed by atoms with van der Waals surface area (Å²) in [4.78, 5) is 2.38. The molecule has 0 amide bonds. The van der Waals surface area contributed by atoms with E-state index in [-0.39, 0.29) is 0 Å². The van der Waals surface area contributed by atoms with E-state index in [2.05, 4.69) is 18.7 Å². The van der Waals surface area contributed by atoms with Gasteiger partial charge in [0.05, 0.1) is 20.3 Å². The predicted molar refractivity (Wildman–Crippen MR) is 86.1 cm³/mol. The first-order valence-corrected chi connectivity index (χ1v) is 7.78. The average molecular weight is 295 g/mol. The minimum absolute atomic E-state index is 0.472. The van der Waals surface area contributed by atoms with E-state index in [1.807, 2.05) is 18.2 Å². The van der Waals surface area contributed by atoms with E-state index in [9.17, 15) is 5.11 Å². The Bertz CT molecular complexity index is 409. The van der Waals surface area contributed by atoms with Gasteiger partial charge in [-0.1, -0.05) is 26.3 Å². The van der Waals surface area contributed by atoms with Gasteiger partial charge in [-0.25, -0.2) is 0 Å². The van der Waals surface area contributed by atoms with E-state index in [1.54, 1.807) is 14.2 Å². The van der Waals surface area contributed by atoms with Crippen LogP contribution in [0.1, 0.15) is 44.8 Å². The van der Waals surface area contributed by atoms with Gasteiger partial charge in [0.15, 0.2) is 11.5 Å². The molecule has 0 spiro atoms. The van der Waals surface area contributed by atoms with Crippen molar-refractivity contribution in [1.82, 2.24) is 4.90 Å². The van der Waals surface area contributed by atoms with E-state index in [1.165, 1.54) is 12.8 Å². The topological polar surface area (TPSA) is 41.9 Å². The van der Waals surface area contributed by atoms with Crippen molar-refractivity contribution in [3.8, 4) is 11.5 Å². The highest BCUT2D eigenvalue weighted by Crippen LogP contribution is 2.30. The predicted octanol–water partition coefficient (Wildman–Crippen LogP) is 3.25. The monoisotopic (exact) mass is 295 g/mol. The van der Waals surface area contributed by atoms with Crippen molar-refractivity contribution < 1.29 is 14.6 Å². The van der Waals surface area contributed by atoms with Gasteiger partial charge in [0.2, 0.25) is 0 Å². The van der Waals surface area contributed by atoms with Crippen molar-refractivity contribution in [2.75, 3.05) is 33.9 Å². The largest absolute Gasteiger partial charge is 0.493 e. The summed E-state index contributed by atoms with van der Waals surface area (Å²) in [5, 5.41) is 10.4. The van der Waals surface area contributed by atoms with Gasteiger partial charge < -0.3 is 19.5 Å². The summed E-state index contributed by atoms with van der Waals surface area (Å²) in [5.74, 6) is 1.35. The molecule has 0 aromatic heterocycles. The van der Waals surface area contributed by atoms with Crippen LogP contribution in [0.3, 0.4) is 0 Å². The molecular formula is C17H29NO3. The lowest BCUT2D eigenvalue weighted by Gasteiger charge is -2.22. The molecule has 0 aliphatic rings. The minimum atomic E-state index is -0.472. The average Bonchev–Trinajstić information content (AvgIpc) is 2.54. The van der Waals surface area contributed by atoms with Crippen molar-refractivity contribution in [2.45, 2.75) is 39.2 Å². The first-order valence-electron chi connectivity index (χ1n) is 7.78. The summed E-state index contributed by atoms with van der Waals surface area (Å²) in [7, 11) is 3.22. The Hall–Kier alpha value is -1.26. The summed E-state index contributed by atoms with van der Waals surface area (Å²) in [6.45, 7) is 7.40. The number of unbranched alkanes of at least 4 members (excludes halogenated alkanes) is 1. The Kier molecular flexibility index (Phi) is 8.16. The number of nitrogens with zero attached hydrogens (tertiary/aromatic N) is 1. The molecule has 1 atom stereocenters. The molecule has 0 saturated heterocycles. The van der Waals surface area contributed by atoms with Gasteiger partial charge in [-0.15, -0.1) is 0 Å². The minimum Gasteiger partial charge on any atom is -0.493 e. The molecule has 0 heterocycles. The van der Waals surface area contributed by atoms with Crippen molar-refractivity contribution in [1.29, 1.82) is 0 Å². The summed E-state index contributed by atoms with van der Waals surface area (Å²) >= 11 is 0. The number of ether oxygens (including phenoxy) is 2. The standard InChI is InChI=1S/C17H29NO3/c1-5-7-11-18(6-2)12-10-15(19)14-8-9-16(20-3)17(13-14)21-4/h8-9,13,15,19H,5-7,10-12H2,1-4H3. The number of hydrogen-bond acceptors (Lipinski definition) is 4. The first-order chi connectivity index (χ1) is 10.2. The van der Waals surface area contributed by atoms with Crippen LogP contribution in [0, 0.1) is 0 Å². The maximum atomic E-state index is 10.4. The molecule has 0 aliphatic carbocycles. The first kappa shape index (κ1) is 17.8. The lowest BCUT2D eigenvalue weighted by molar-refractivity contribution is 0.142. The summed E-state index contributed by atoms with van der Waals surface area (Å²) < 4.78 is 10.5. The molecule has 0 radical (unpaired) electrons. The van der Waals surface area contributed by atoms with Crippen LogP contribution in [0.5, 0.6) is 11.5 Å². The lowest BCUT2D eigenvalue weighted by atomic mass is 10.1. The molecule has 0 aliphatic heterocycles. The quantitative estimate of drug-likeness (QED) is 0.719. The number of hydrogen-bond donors (Lipinski definition) is 1. The Morgan fingerprint density at radius 2 is 1.81 bits per heavy atom. The Labute approximate surface area is 128 Å². The van der Waals surface area contributed by atoms with Crippen molar-refractivity contribution in [3.63, 3.8) is 0 Å². The molecule has 1 N–H and O–H groups in total.